The number of esters is 1. The number of hydrogen-bond donors (Lipinski definition) is 0. The lowest BCUT2D eigenvalue weighted by Gasteiger charge is -2.22. The Labute approximate surface area is 194 Å². The largest absolute Gasteiger partial charge is 0.493 e. The molecule has 1 aromatic heterocycles. The van der Waals surface area contributed by atoms with E-state index < -0.39 is 5.97 Å². The van der Waals surface area contributed by atoms with Gasteiger partial charge in [0, 0.05) is 22.9 Å². The molecule has 1 saturated carbocycles. The summed E-state index contributed by atoms with van der Waals surface area (Å²) in [6.45, 7) is 1.32. The first-order valence-corrected chi connectivity index (χ1v) is 11.4. The molecule has 1 aliphatic rings. The number of aromatic nitrogens is 2. The Kier molecular flexibility index (Phi) is 6.69. The predicted octanol–water partition coefficient (Wildman–Crippen LogP) is 5.02. The molecule has 166 valence electrons. The van der Waals surface area contributed by atoms with Crippen molar-refractivity contribution in [3.8, 4) is 11.5 Å². The molecular formula is C24H24BrN3O4. The van der Waals surface area contributed by atoms with Gasteiger partial charge >= 0.3 is 5.97 Å². The number of ether oxygens (including phenoxy) is 2. The topological polar surface area (TPSA) is 82.8 Å². The van der Waals surface area contributed by atoms with E-state index in [1.807, 2.05) is 18.2 Å². The molecule has 1 aliphatic carbocycles. The van der Waals surface area contributed by atoms with Gasteiger partial charge < -0.3 is 9.47 Å². The number of para-hydroxylation sites is 1. The standard InChI is InChI=1S/C24H24BrN3O4/c1-15(29)32-22-17(12-18(25)13-21(22)31-2)14-26-28-23(16-8-4-3-5-9-16)27-20-11-7-6-10-19(20)24(28)30/h6-7,10-14,16H,3-5,8-9H2,1-2H3. The molecule has 1 fully saturated rings. The first-order chi connectivity index (χ1) is 15.5. The van der Waals surface area contributed by atoms with Crippen LogP contribution in [0.15, 0.2) is 50.8 Å². The summed E-state index contributed by atoms with van der Waals surface area (Å²) in [7, 11) is 1.49. The Morgan fingerprint density at radius 3 is 2.69 bits per heavy atom. The number of hydrogen-bond acceptors (Lipinski definition) is 6. The van der Waals surface area contributed by atoms with Crippen molar-refractivity contribution in [2.75, 3.05) is 7.11 Å². The molecule has 7 nitrogen and oxygen atoms in total. The van der Waals surface area contributed by atoms with E-state index in [9.17, 15) is 9.59 Å². The molecule has 8 heteroatoms. The third kappa shape index (κ3) is 4.60. The summed E-state index contributed by atoms with van der Waals surface area (Å²) in [5.41, 5.74) is 0.957. The van der Waals surface area contributed by atoms with Crippen LogP contribution in [0.2, 0.25) is 0 Å². The molecule has 0 bridgehead atoms. The lowest BCUT2D eigenvalue weighted by Crippen LogP contribution is -2.25. The zero-order chi connectivity index (χ0) is 22.7. The summed E-state index contributed by atoms with van der Waals surface area (Å²) in [5.74, 6) is 0.983. The fraction of sp³-hybridized carbons (Fsp3) is 0.333. The first kappa shape index (κ1) is 22.2. The minimum atomic E-state index is -0.479. The van der Waals surface area contributed by atoms with Crippen LogP contribution in [0.1, 0.15) is 56.3 Å². The normalized spacial score (nSPS) is 14.7. The third-order valence-corrected chi connectivity index (χ3v) is 6.03. The van der Waals surface area contributed by atoms with Crippen LogP contribution in [-0.4, -0.2) is 29.0 Å². The molecule has 0 atom stereocenters. The van der Waals surface area contributed by atoms with Crippen LogP contribution < -0.4 is 15.0 Å². The molecule has 0 spiro atoms. The predicted molar refractivity (Wildman–Crippen MR) is 127 cm³/mol. The van der Waals surface area contributed by atoms with E-state index >= 15 is 0 Å². The lowest BCUT2D eigenvalue weighted by molar-refractivity contribution is -0.132. The molecule has 1 heterocycles. The second-order valence-electron chi connectivity index (χ2n) is 7.80. The van der Waals surface area contributed by atoms with Crippen molar-refractivity contribution in [2.45, 2.75) is 44.9 Å². The fourth-order valence-corrected chi connectivity index (χ4v) is 4.54. The summed E-state index contributed by atoms with van der Waals surface area (Å²) >= 11 is 3.44. The molecular weight excluding hydrogens is 474 g/mol. The molecule has 0 radical (unpaired) electrons. The van der Waals surface area contributed by atoms with Gasteiger partial charge in [-0.1, -0.05) is 47.3 Å². The SMILES string of the molecule is COc1cc(Br)cc(C=Nn2c(C3CCCCC3)nc3ccccc3c2=O)c1OC(C)=O. The van der Waals surface area contributed by atoms with Crippen molar-refractivity contribution >= 4 is 39.0 Å². The van der Waals surface area contributed by atoms with Gasteiger partial charge in [-0.15, -0.1) is 0 Å². The van der Waals surface area contributed by atoms with Gasteiger partial charge in [-0.2, -0.15) is 9.78 Å². The van der Waals surface area contributed by atoms with E-state index in [1.165, 1.54) is 31.3 Å². The number of nitrogens with zero attached hydrogens (tertiary/aromatic N) is 3. The monoisotopic (exact) mass is 497 g/mol. The number of rotatable bonds is 5. The van der Waals surface area contributed by atoms with Gasteiger partial charge in [-0.25, -0.2) is 4.98 Å². The van der Waals surface area contributed by atoms with Gasteiger partial charge in [0.1, 0.15) is 5.82 Å². The lowest BCUT2D eigenvalue weighted by atomic mass is 9.88. The summed E-state index contributed by atoms with van der Waals surface area (Å²) in [6, 6.07) is 10.8. The van der Waals surface area contributed by atoms with Crippen molar-refractivity contribution in [1.29, 1.82) is 0 Å². The van der Waals surface area contributed by atoms with Crippen molar-refractivity contribution in [3.05, 3.63) is 62.6 Å². The number of halogens is 1. The van der Waals surface area contributed by atoms with Gasteiger partial charge in [0.2, 0.25) is 0 Å². The zero-order valence-corrected chi connectivity index (χ0v) is 19.6. The summed E-state index contributed by atoms with van der Waals surface area (Å²) < 4.78 is 12.9. The quantitative estimate of drug-likeness (QED) is 0.280. The fourth-order valence-electron chi connectivity index (χ4n) is 4.09. The zero-order valence-electron chi connectivity index (χ0n) is 18.0. The highest BCUT2D eigenvalue weighted by Gasteiger charge is 2.22. The van der Waals surface area contributed by atoms with Crippen LogP contribution in [0, 0.1) is 0 Å². The molecule has 32 heavy (non-hydrogen) atoms. The summed E-state index contributed by atoms with van der Waals surface area (Å²) in [4.78, 5) is 29.8. The van der Waals surface area contributed by atoms with Crippen LogP contribution in [-0.2, 0) is 4.79 Å². The molecule has 0 aliphatic heterocycles. The molecule has 2 aromatic carbocycles. The van der Waals surface area contributed by atoms with Crippen molar-refractivity contribution in [3.63, 3.8) is 0 Å². The third-order valence-electron chi connectivity index (χ3n) is 5.58. The van der Waals surface area contributed by atoms with Crippen molar-refractivity contribution < 1.29 is 14.3 Å². The molecule has 0 unspecified atom stereocenters. The van der Waals surface area contributed by atoms with E-state index in [0.717, 1.165) is 30.2 Å². The maximum atomic E-state index is 13.4. The Hall–Kier alpha value is -3.00. The van der Waals surface area contributed by atoms with E-state index in [1.54, 1.807) is 18.2 Å². The van der Waals surface area contributed by atoms with E-state index in [4.69, 9.17) is 14.5 Å². The summed E-state index contributed by atoms with van der Waals surface area (Å²) in [6.07, 6.45) is 6.87. The molecule has 0 N–H and O–H groups in total. The summed E-state index contributed by atoms with van der Waals surface area (Å²) in [5, 5.41) is 5.05. The Bertz CT molecular complexity index is 1250. The number of fused-ring (bicyclic) bond motifs is 1. The Balaban J connectivity index is 1.87. The van der Waals surface area contributed by atoms with Gasteiger partial charge in [0.05, 0.1) is 24.2 Å². The highest BCUT2D eigenvalue weighted by Crippen LogP contribution is 2.35. The van der Waals surface area contributed by atoms with Crippen molar-refractivity contribution in [1.82, 2.24) is 9.66 Å². The van der Waals surface area contributed by atoms with E-state index in [-0.39, 0.29) is 17.2 Å². The minimum absolute atomic E-state index is 0.170. The second-order valence-corrected chi connectivity index (χ2v) is 8.72. The van der Waals surface area contributed by atoms with Gasteiger partial charge in [-0.05, 0) is 37.1 Å². The smallest absolute Gasteiger partial charge is 0.308 e. The molecule has 4 rings (SSSR count). The van der Waals surface area contributed by atoms with Gasteiger partial charge in [0.25, 0.3) is 5.56 Å². The van der Waals surface area contributed by atoms with Crippen LogP contribution in [0.5, 0.6) is 11.5 Å². The molecule has 0 amide bonds. The number of carbonyl (C=O) groups is 1. The van der Waals surface area contributed by atoms with Crippen LogP contribution in [0.25, 0.3) is 10.9 Å². The first-order valence-electron chi connectivity index (χ1n) is 10.6. The van der Waals surface area contributed by atoms with Gasteiger partial charge in [-0.3, -0.25) is 9.59 Å². The highest BCUT2D eigenvalue weighted by atomic mass is 79.9. The van der Waals surface area contributed by atoms with Crippen molar-refractivity contribution in [2.24, 2.45) is 5.10 Å². The van der Waals surface area contributed by atoms with Crippen LogP contribution >= 0.6 is 15.9 Å². The molecule has 0 saturated heterocycles. The minimum Gasteiger partial charge on any atom is -0.493 e. The van der Waals surface area contributed by atoms with E-state index in [2.05, 4.69) is 21.0 Å². The van der Waals surface area contributed by atoms with Crippen LogP contribution in [0.3, 0.4) is 0 Å². The van der Waals surface area contributed by atoms with E-state index in [0.29, 0.717) is 28.0 Å². The Morgan fingerprint density at radius 1 is 1.22 bits per heavy atom. The Morgan fingerprint density at radius 2 is 1.97 bits per heavy atom. The maximum Gasteiger partial charge on any atom is 0.308 e. The average molecular weight is 498 g/mol. The second kappa shape index (κ2) is 9.65. The number of carbonyl (C=O) groups excluding carboxylic acids is 1. The van der Waals surface area contributed by atoms with Gasteiger partial charge in [0.15, 0.2) is 11.5 Å². The van der Waals surface area contributed by atoms with Crippen LogP contribution in [0.4, 0.5) is 0 Å². The number of methoxy groups -OCH3 is 1. The number of benzene rings is 2. The highest BCUT2D eigenvalue weighted by molar-refractivity contribution is 9.10. The molecule has 3 aromatic rings. The average Bonchev–Trinajstić information content (AvgIpc) is 2.80. The maximum absolute atomic E-state index is 13.4.